The minimum atomic E-state index is -1.45. The number of hydrogen-bond donors (Lipinski definition) is 2. The van der Waals surface area contributed by atoms with Gasteiger partial charge in [-0.05, 0) is 37.8 Å². The Balaban J connectivity index is 1.78. The number of piperidine rings is 2. The maximum absolute atomic E-state index is 13.6. The van der Waals surface area contributed by atoms with Gasteiger partial charge in [-0.3, -0.25) is 9.59 Å². The molecule has 2 saturated heterocycles. The number of carbonyl (C=O) groups excluding carboxylic acids is 1. The van der Waals surface area contributed by atoms with Gasteiger partial charge in [-0.1, -0.05) is 23.7 Å². The summed E-state index contributed by atoms with van der Waals surface area (Å²) in [5.74, 6) is -1.83. The van der Waals surface area contributed by atoms with Crippen LogP contribution in [0.5, 0.6) is 0 Å². The van der Waals surface area contributed by atoms with Gasteiger partial charge >= 0.3 is 5.97 Å². The number of fused-ring (bicyclic) bond motifs is 3. The number of benzene rings is 1. The average molecular weight is 441 g/mol. The highest BCUT2D eigenvalue weighted by molar-refractivity contribution is 6.41. The number of carbonyl (C=O) groups is 2. The number of carboxylic acids is 1. The Morgan fingerprint density at radius 1 is 1.25 bits per heavy atom. The van der Waals surface area contributed by atoms with Crippen molar-refractivity contribution in [2.45, 2.75) is 50.2 Å². The molecular formula is C22H27N5O5. The van der Waals surface area contributed by atoms with Crippen LogP contribution in [0.15, 0.2) is 34.2 Å². The van der Waals surface area contributed by atoms with Crippen LogP contribution in [-0.4, -0.2) is 69.9 Å². The molecule has 170 valence electrons. The molecule has 2 fully saturated rings. The first kappa shape index (κ1) is 21.9. The van der Waals surface area contributed by atoms with Gasteiger partial charge in [0.25, 0.3) is 11.5 Å². The second-order valence-electron chi connectivity index (χ2n) is 8.55. The van der Waals surface area contributed by atoms with Crippen molar-refractivity contribution in [3.63, 3.8) is 0 Å². The molecular weight excluding hydrogens is 414 g/mol. The summed E-state index contributed by atoms with van der Waals surface area (Å²) in [6, 6.07) is 7.79. The number of carboxylic acid groups (broad SMARTS) is 1. The summed E-state index contributed by atoms with van der Waals surface area (Å²) < 4.78 is 1.67. The van der Waals surface area contributed by atoms with Crippen molar-refractivity contribution in [3.05, 3.63) is 40.3 Å². The summed E-state index contributed by atoms with van der Waals surface area (Å²) >= 11 is 0. The summed E-state index contributed by atoms with van der Waals surface area (Å²) in [5.41, 5.74) is -0.256. The van der Waals surface area contributed by atoms with E-state index < -0.39 is 23.8 Å². The van der Waals surface area contributed by atoms with Crippen LogP contribution in [0.4, 0.5) is 0 Å². The van der Waals surface area contributed by atoms with Crippen LogP contribution in [0.2, 0.25) is 0 Å². The van der Waals surface area contributed by atoms with E-state index in [1.54, 1.807) is 30.8 Å². The molecule has 1 aromatic carbocycles. The Kier molecular flexibility index (Phi) is 6.22. The van der Waals surface area contributed by atoms with E-state index in [4.69, 9.17) is 4.84 Å². The summed E-state index contributed by atoms with van der Waals surface area (Å²) in [6.45, 7) is -0.441. The van der Waals surface area contributed by atoms with Crippen molar-refractivity contribution in [2.75, 3.05) is 20.7 Å². The molecule has 2 unspecified atom stereocenters. The normalized spacial score (nSPS) is 23.1. The highest BCUT2D eigenvalue weighted by atomic mass is 16.6. The first-order chi connectivity index (χ1) is 15.3. The predicted molar refractivity (Wildman–Crippen MR) is 118 cm³/mol. The maximum Gasteiger partial charge on any atom is 0.360 e. The highest BCUT2D eigenvalue weighted by Crippen LogP contribution is 2.33. The Morgan fingerprint density at radius 2 is 1.94 bits per heavy atom. The minimum absolute atomic E-state index is 0.0722. The number of nitrogens with one attached hydrogen (secondary N) is 1. The lowest BCUT2D eigenvalue weighted by molar-refractivity contribution is -0.134. The topological polar surface area (TPSA) is 126 Å². The van der Waals surface area contributed by atoms with Crippen molar-refractivity contribution in [3.8, 4) is 0 Å². The van der Waals surface area contributed by atoms with E-state index in [0.29, 0.717) is 23.1 Å². The molecule has 2 atom stereocenters. The quantitative estimate of drug-likeness (QED) is 0.508. The number of nitrogens with zero attached hydrogens (tertiary/aromatic N) is 4. The molecule has 1 aromatic heterocycles. The van der Waals surface area contributed by atoms with Gasteiger partial charge in [-0.15, -0.1) is 0 Å². The van der Waals surface area contributed by atoms with Gasteiger partial charge in [0.1, 0.15) is 0 Å². The number of aromatic nitrogens is 2. The van der Waals surface area contributed by atoms with Crippen LogP contribution in [-0.2, 0) is 14.4 Å². The average Bonchev–Trinajstić information content (AvgIpc) is 2.76. The molecule has 1 amide bonds. The minimum Gasteiger partial charge on any atom is -0.476 e. The number of hydrogen-bond acceptors (Lipinski definition) is 7. The molecule has 2 aromatic rings. The molecule has 4 rings (SSSR count). The standard InChI is InChI=1S/C22H27N5O5/c1-26(2)18(28)12-32-25-20(22(30)31)19-21(29)27(17-9-4-3-8-16(17)24-19)15-10-13-6-5-7-14(11-15)23-13/h3-4,8-9,13-15,23H,5-7,10-12H2,1-2H3,(H,30,31)/b25-20-. The van der Waals surface area contributed by atoms with Crippen LogP contribution in [0, 0.1) is 0 Å². The van der Waals surface area contributed by atoms with Gasteiger partial charge < -0.3 is 24.7 Å². The second kappa shape index (κ2) is 9.07. The molecule has 3 heterocycles. The number of para-hydroxylation sites is 2. The van der Waals surface area contributed by atoms with Gasteiger partial charge in [0.2, 0.25) is 5.71 Å². The van der Waals surface area contributed by atoms with Gasteiger partial charge in [0.15, 0.2) is 12.3 Å². The third kappa shape index (κ3) is 4.36. The molecule has 2 N–H and O–H groups in total. The van der Waals surface area contributed by atoms with Crippen molar-refractivity contribution < 1.29 is 19.5 Å². The van der Waals surface area contributed by atoms with E-state index in [0.717, 1.165) is 25.7 Å². The fourth-order valence-corrected chi connectivity index (χ4v) is 4.58. The van der Waals surface area contributed by atoms with Crippen LogP contribution >= 0.6 is 0 Å². The lowest BCUT2D eigenvalue weighted by atomic mass is 9.84. The molecule has 10 heteroatoms. The number of rotatable bonds is 6. The Morgan fingerprint density at radius 3 is 2.59 bits per heavy atom. The van der Waals surface area contributed by atoms with Crippen LogP contribution < -0.4 is 10.9 Å². The molecule has 0 saturated carbocycles. The lowest BCUT2D eigenvalue weighted by Gasteiger charge is -2.41. The van der Waals surface area contributed by atoms with Gasteiger partial charge in [-0.2, -0.15) is 0 Å². The largest absolute Gasteiger partial charge is 0.476 e. The summed E-state index contributed by atoms with van der Waals surface area (Å²) in [7, 11) is 3.09. The lowest BCUT2D eigenvalue weighted by Crippen LogP contribution is -2.50. The van der Waals surface area contributed by atoms with Crippen molar-refractivity contribution >= 4 is 28.6 Å². The number of aliphatic carboxylic acids is 1. The zero-order valence-corrected chi connectivity index (χ0v) is 18.2. The molecule has 0 aliphatic carbocycles. The molecule has 2 aliphatic rings. The molecule has 0 radical (unpaired) electrons. The third-order valence-electron chi connectivity index (χ3n) is 6.12. The monoisotopic (exact) mass is 441 g/mol. The van der Waals surface area contributed by atoms with Crippen molar-refractivity contribution in [1.82, 2.24) is 19.8 Å². The van der Waals surface area contributed by atoms with Crippen LogP contribution in [0.3, 0.4) is 0 Å². The smallest absolute Gasteiger partial charge is 0.360 e. The number of likely N-dealkylation sites (N-methyl/N-ethyl adjacent to an activating group) is 1. The Labute approximate surface area is 184 Å². The van der Waals surface area contributed by atoms with E-state index in [1.165, 1.54) is 11.3 Å². The summed E-state index contributed by atoms with van der Waals surface area (Å²) in [6.07, 6.45) is 4.88. The zero-order valence-electron chi connectivity index (χ0n) is 18.2. The third-order valence-corrected chi connectivity index (χ3v) is 6.12. The van der Waals surface area contributed by atoms with Gasteiger partial charge in [-0.25, -0.2) is 9.78 Å². The van der Waals surface area contributed by atoms with Gasteiger partial charge in [0.05, 0.1) is 11.0 Å². The van der Waals surface area contributed by atoms with Crippen molar-refractivity contribution in [1.29, 1.82) is 0 Å². The SMILES string of the molecule is CN(C)C(=O)CO/N=C(\C(=O)O)c1nc2ccccc2n(C2CC3CCCC(C2)N3)c1=O. The Hall–Kier alpha value is -3.27. The highest BCUT2D eigenvalue weighted by Gasteiger charge is 2.34. The van der Waals surface area contributed by atoms with Gasteiger partial charge in [0, 0.05) is 32.2 Å². The van der Waals surface area contributed by atoms with E-state index in [2.05, 4.69) is 15.5 Å². The fourth-order valence-electron chi connectivity index (χ4n) is 4.58. The van der Waals surface area contributed by atoms with E-state index in [1.807, 2.05) is 12.1 Å². The molecule has 32 heavy (non-hydrogen) atoms. The first-order valence-electron chi connectivity index (χ1n) is 10.8. The number of oxime groups is 1. The van der Waals surface area contributed by atoms with Crippen LogP contribution in [0.1, 0.15) is 43.8 Å². The fraction of sp³-hybridized carbons (Fsp3) is 0.500. The van der Waals surface area contributed by atoms with Crippen LogP contribution in [0.25, 0.3) is 11.0 Å². The first-order valence-corrected chi connectivity index (χ1v) is 10.8. The summed E-state index contributed by atoms with van der Waals surface area (Å²) in [5, 5.41) is 17.0. The number of amides is 1. The summed E-state index contributed by atoms with van der Waals surface area (Å²) in [4.78, 5) is 47.8. The molecule has 10 nitrogen and oxygen atoms in total. The van der Waals surface area contributed by atoms with E-state index in [-0.39, 0.29) is 17.6 Å². The molecule has 2 aliphatic heterocycles. The predicted octanol–water partition coefficient (Wildman–Crippen LogP) is 1.14. The maximum atomic E-state index is 13.6. The zero-order chi connectivity index (χ0) is 22.8. The second-order valence-corrected chi connectivity index (χ2v) is 8.55. The van der Waals surface area contributed by atoms with Crippen molar-refractivity contribution in [2.24, 2.45) is 5.16 Å². The van der Waals surface area contributed by atoms with E-state index in [9.17, 15) is 19.5 Å². The molecule has 0 spiro atoms. The van der Waals surface area contributed by atoms with E-state index >= 15 is 0 Å². The molecule has 2 bridgehead atoms. The Bertz CT molecular complexity index is 1110.